The zero-order valence-electron chi connectivity index (χ0n) is 9.17. The zero-order valence-corrected chi connectivity index (χ0v) is 9.17. The summed E-state index contributed by atoms with van der Waals surface area (Å²) >= 11 is 0. The van der Waals surface area contributed by atoms with Crippen molar-refractivity contribution in [1.29, 1.82) is 0 Å². The molecule has 0 aromatic carbocycles. The summed E-state index contributed by atoms with van der Waals surface area (Å²) in [6.07, 6.45) is 3.08. The van der Waals surface area contributed by atoms with Gasteiger partial charge in [0.1, 0.15) is 18.1 Å². The molecule has 6 nitrogen and oxygen atoms in total. The summed E-state index contributed by atoms with van der Waals surface area (Å²) in [4.78, 5) is 7.93. The minimum atomic E-state index is -0.400. The summed E-state index contributed by atoms with van der Waals surface area (Å²) in [5, 5.41) is 10.1. The average Bonchev–Trinajstić information content (AvgIpc) is 2.86. The van der Waals surface area contributed by atoms with Gasteiger partial charge in [-0.1, -0.05) is 5.21 Å². The molecule has 0 saturated carbocycles. The van der Waals surface area contributed by atoms with Crippen molar-refractivity contribution in [2.24, 2.45) is 0 Å². The van der Waals surface area contributed by atoms with Crippen molar-refractivity contribution < 1.29 is 9.13 Å². The molecule has 3 aromatic heterocycles. The van der Waals surface area contributed by atoms with Gasteiger partial charge in [0.05, 0.1) is 0 Å². The molecule has 0 spiro atoms. The van der Waals surface area contributed by atoms with Crippen molar-refractivity contribution >= 4 is 11.2 Å². The van der Waals surface area contributed by atoms with Gasteiger partial charge < -0.3 is 4.74 Å². The second-order valence-electron chi connectivity index (χ2n) is 3.54. The maximum atomic E-state index is 13.4. The van der Waals surface area contributed by atoms with Crippen molar-refractivity contribution in [1.82, 2.24) is 25.4 Å². The summed E-state index contributed by atoms with van der Waals surface area (Å²) in [5.41, 5.74) is 1.27. The standard InChI is InChI=1S/C11H8FN5O/c12-7-2-1-4-13-8(7)6-18-9-3-5-14-11-10(9)15-17-16-11/h1-5H,6H2,(H,14,15,16,17). The van der Waals surface area contributed by atoms with Gasteiger partial charge >= 0.3 is 0 Å². The van der Waals surface area contributed by atoms with E-state index in [0.717, 1.165) is 0 Å². The lowest BCUT2D eigenvalue weighted by Gasteiger charge is -2.05. The third-order valence-electron chi connectivity index (χ3n) is 2.39. The molecule has 1 N–H and O–H groups in total. The van der Waals surface area contributed by atoms with Gasteiger partial charge in [-0.25, -0.2) is 14.5 Å². The molecule has 0 atom stereocenters. The molecule has 0 amide bonds. The molecule has 3 aromatic rings. The van der Waals surface area contributed by atoms with E-state index in [1.807, 2.05) is 0 Å². The fraction of sp³-hybridized carbons (Fsp3) is 0.0909. The van der Waals surface area contributed by atoms with Crippen LogP contribution >= 0.6 is 0 Å². The molecule has 0 bridgehead atoms. The van der Waals surface area contributed by atoms with Crippen LogP contribution in [0.5, 0.6) is 5.75 Å². The molecule has 0 saturated heterocycles. The minimum Gasteiger partial charge on any atom is -0.485 e. The Bertz CT molecular complexity index is 684. The second-order valence-corrected chi connectivity index (χ2v) is 3.54. The van der Waals surface area contributed by atoms with E-state index >= 15 is 0 Å². The average molecular weight is 245 g/mol. The minimum absolute atomic E-state index is 0.0264. The van der Waals surface area contributed by atoms with Crippen LogP contribution in [0, 0.1) is 5.82 Å². The Labute approximate surface area is 101 Å². The van der Waals surface area contributed by atoms with Gasteiger partial charge in [0.2, 0.25) is 0 Å². The van der Waals surface area contributed by atoms with E-state index < -0.39 is 5.82 Å². The summed E-state index contributed by atoms with van der Waals surface area (Å²) in [7, 11) is 0. The summed E-state index contributed by atoms with van der Waals surface area (Å²) in [5.74, 6) is 0.0850. The molecule has 90 valence electrons. The van der Waals surface area contributed by atoms with Gasteiger partial charge in [-0.2, -0.15) is 0 Å². The molecule has 3 heterocycles. The van der Waals surface area contributed by atoms with Gasteiger partial charge in [-0.3, -0.25) is 4.98 Å². The van der Waals surface area contributed by atoms with Gasteiger partial charge in [-0.15, -0.1) is 5.10 Å². The number of aromatic nitrogens is 5. The Morgan fingerprint density at radius 2 is 2.17 bits per heavy atom. The van der Waals surface area contributed by atoms with Gasteiger partial charge in [0.25, 0.3) is 0 Å². The van der Waals surface area contributed by atoms with Crippen LogP contribution in [0.4, 0.5) is 4.39 Å². The van der Waals surface area contributed by atoms with Gasteiger partial charge in [0, 0.05) is 18.5 Å². The molecule has 0 unspecified atom stereocenters. The summed E-state index contributed by atoms with van der Waals surface area (Å²) in [6.45, 7) is 0.0264. The number of aromatic amines is 1. The Morgan fingerprint density at radius 3 is 3.06 bits per heavy atom. The third-order valence-corrected chi connectivity index (χ3v) is 2.39. The van der Waals surface area contributed by atoms with E-state index in [1.54, 1.807) is 12.3 Å². The number of hydrogen-bond acceptors (Lipinski definition) is 5. The predicted octanol–water partition coefficient (Wildman–Crippen LogP) is 1.47. The first-order valence-electron chi connectivity index (χ1n) is 5.22. The number of halogens is 1. The van der Waals surface area contributed by atoms with Crippen molar-refractivity contribution in [2.45, 2.75) is 6.61 Å². The lowest BCUT2D eigenvalue weighted by Crippen LogP contribution is -2.01. The Balaban J connectivity index is 1.85. The lowest BCUT2D eigenvalue weighted by molar-refractivity contribution is 0.297. The van der Waals surface area contributed by atoms with Crippen molar-refractivity contribution in [2.75, 3.05) is 0 Å². The lowest BCUT2D eigenvalue weighted by atomic mass is 10.3. The molecule has 3 rings (SSSR count). The summed E-state index contributed by atoms with van der Waals surface area (Å²) in [6, 6.07) is 4.51. The maximum Gasteiger partial charge on any atom is 0.179 e. The number of nitrogens with zero attached hydrogens (tertiary/aromatic N) is 4. The fourth-order valence-corrected chi connectivity index (χ4v) is 1.52. The normalized spacial score (nSPS) is 10.7. The number of pyridine rings is 2. The Morgan fingerprint density at radius 1 is 1.22 bits per heavy atom. The molecular weight excluding hydrogens is 237 g/mol. The molecule has 0 fully saturated rings. The van der Waals surface area contributed by atoms with Crippen LogP contribution in [0.2, 0.25) is 0 Å². The van der Waals surface area contributed by atoms with Crippen LogP contribution in [0.15, 0.2) is 30.6 Å². The number of nitrogens with one attached hydrogen (secondary N) is 1. The van der Waals surface area contributed by atoms with E-state index in [4.69, 9.17) is 4.74 Å². The van der Waals surface area contributed by atoms with Crippen molar-refractivity contribution in [3.05, 3.63) is 42.1 Å². The van der Waals surface area contributed by atoms with Crippen molar-refractivity contribution in [3.63, 3.8) is 0 Å². The molecule has 0 aliphatic rings. The number of hydrogen-bond donors (Lipinski definition) is 1. The smallest absolute Gasteiger partial charge is 0.179 e. The van der Waals surface area contributed by atoms with E-state index in [1.165, 1.54) is 18.3 Å². The first-order valence-corrected chi connectivity index (χ1v) is 5.22. The highest BCUT2D eigenvalue weighted by Gasteiger charge is 2.08. The predicted molar refractivity (Wildman–Crippen MR) is 60.2 cm³/mol. The molecule has 18 heavy (non-hydrogen) atoms. The molecular formula is C11H8FN5O. The first kappa shape index (κ1) is 10.6. The third kappa shape index (κ3) is 1.86. The van der Waals surface area contributed by atoms with Crippen LogP contribution in [0.25, 0.3) is 11.2 Å². The number of ether oxygens (including phenoxy) is 1. The van der Waals surface area contributed by atoms with Crippen LogP contribution in [0.1, 0.15) is 5.69 Å². The van der Waals surface area contributed by atoms with Gasteiger partial charge in [0.15, 0.2) is 16.9 Å². The quantitative estimate of drug-likeness (QED) is 0.756. The van der Waals surface area contributed by atoms with Crippen LogP contribution in [-0.2, 0) is 6.61 Å². The molecule has 0 aliphatic heterocycles. The van der Waals surface area contributed by atoms with E-state index in [-0.39, 0.29) is 12.3 Å². The zero-order chi connectivity index (χ0) is 12.4. The van der Waals surface area contributed by atoms with Crippen LogP contribution in [0.3, 0.4) is 0 Å². The number of H-pyrrole nitrogens is 1. The SMILES string of the molecule is Fc1cccnc1COc1ccnc2[nH]nnc12. The highest BCUT2D eigenvalue weighted by molar-refractivity contribution is 5.76. The monoisotopic (exact) mass is 245 g/mol. The van der Waals surface area contributed by atoms with E-state index in [0.29, 0.717) is 16.9 Å². The molecule has 0 radical (unpaired) electrons. The van der Waals surface area contributed by atoms with Crippen LogP contribution in [-0.4, -0.2) is 25.4 Å². The summed E-state index contributed by atoms with van der Waals surface area (Å²) < 4.78 is 18.8. The van der Waals surface area contributed by atoms with Gasteiger partial charge in [-0.05, 0) is 12.1 Å². The number of fused-ring (bicyclic) bond motifs is 1. The van der Waals surface area contributed by atoms with Crippen molar-refractivity contribution in [3.8, 4) is 5.75 Å². The molecule has 7 heteroatoms. The maximum absolute atomic E-state index is 13.4. The van der Waals surface area contributed by atoms with E-state index in [9.17, 15) is 4.39 Å². The first-order chi connectivity index (χ1) is 8.84. The Kier molecular flexibility index (Phi) is 2.56. The van der Waals surface area contributed by atoms with E-state index in [2.05, 4.69) is 25.4 Å². The highest BCUT2D eigenvalue weighted by atomic mass is 19.1. The second kappa shape index (κ2) is 4.36. The topological polar surface area (TPSA) is 76.6 Å². The highest BCUT2D eigenvalue weighted by Crippen LogP contribution is 2.20. The molecule has 0 aliphatic carbocycles. The number of rotatable bonds is 3. The Hall–Kier alpha value is -2.57. The fourth-order valence-electron chi connectivity index (χ4n) is 1.52. The largest absolute Gasteiger partial charge is 0.485 e. The van der Waals surface area contributed by atoms with Crippen LogP contribution < -0.4 is 4.74 Å².